The number of carbonyl (C=O) groups is 3. The lowest BCUT2D eigenvalue weighted by molar-refractivity contribution is -0.161. The van der Waals surface area contributed by atoms with Crippen molar-refractivity contribution in [3.05, 3.63) is 47.5 Å². The van der Waals surface area contributed by atoms with E-state index in [2.05, 4.69) is 4.74 Å². The van der Waals surface area contributed by atoms with Gasteiger partial charge in [0.2, 0.25) is 0 Å². The maximum atomic E-state index is 11.7. The SMILES string of the molecule is CCC(C=C(COC(C)=O)C(=O)O)(OCc1ccccc1)C(=O)O. The zero-order chi connectivity index (χ0) is 18.2. The van der Waals surface area contributed by atoms with E-state index in [1.807, 2.05) is 6.07 Å². The number of rotatable bonds is 9. The van der Waals surface area contributed by atoms with E-state index in [-0.39, 0.29) is 18.6 Å². The van der Waals surface area contributed by atoms with Crippen LogP contribution in [0.1, 0.15) is 25.8 Å². The standard InChI is InChI=1S/C17H20O7/c1-3-17(16(21)22,24-10-13-7-5-4-6-8-13)9-14(15(19)20)11-23-12(2)18/h4-9H,3,10-11H2,1-2H3,(H,19,20)(H,21,22). The average molecular weight is 336 g/mol. The second-order valence-electron chi connectivity index (χ2n) is 5.08. The summed E-state index contributed by atoms with van der Waals surface area (Å²) in [4.78, 5) is 33.9. The van der Waals surface area contributed by atoms with Crippen LogP contribution in [-0.2, 0) is 30.5 Å². The Hall–Kier alpha value is -2.67. The normalized spacial score (nSPS) is 13.8. The summed E-state index contributed by atoms with van der Waals surface area (Å²) in [6, 6.07) is 8.92. The van der Waals surface area contributed by atoms with E-state index in [1.165, 1.54) is 0 Å². The lowest BCUT2D eigenvalue weighted by Gasteiger charge is -2.26. The predicted octanol–water partition coefficient (Wildman–Crippen LogP) is 2.01. The molecule has 0 aliphatic heterocycles. The fourth-order valence-electron chi connectivity index (χ4n) is 1.93. The third-order valence-corrected chi connectivity index (χ3v) is 3.34. The Morgan fingerprint density at radius 1 is 1.17 bits per heavy atom. The molecule has 0 radical (unpaired) electrons. The van der Waals surface area contributed by atoms with Crippen LogP contribution >= 0.6 is 0 Å². The van der Waals surface area contributed by atoms with Crippen LogP contribution in [0, 0.1) is 0 Å². The highest BCUT2D eigenvalue weighted by molar-refractivity contribution is 5.90. The van der Waals surface area contributed by atoms with Crippen LogP contribution in [0.15, 0.2) is 42.0 Å². The lowest BCUT2D eigenvalue weighted by atomic mass is 9.97. The van der Waals surface area contributed by atoms with E-state index in [9.17, 15) is 24.6 Å². The number of benzene rings is 1. The van der Waals surface area contributed by atoms with E-state index < -0.39 is 30.1 Å². The van der Waals surface area contributed by atoms with E-state index >= 15 is 0 Å². The van der Waals surface area contributed by atoms with Gasteiger partial charge in [-0.15, -0.1) is 0 Å². The first-order valence-corrected chi connectivity index (χ1v) is 7.30. The number of hydrogen-bond acceptors (Lipinski definition) is 5. The van der Waals surface area contributed by atoms with Gasteiger partial charge in [-0.05, 0) is 18.1 Å². The molecular formula is C17H20O7. The molecule has 0 amide bonds. The van der Waals surface area contributed by atoms with Gasteiger partial charge in [-0.3, -0.25) is 4.79 Å². The van der Waals surface area contributed by atoms with E-state index in [4.69, 9.17) is 4.74 Å². The summed E-state index contributed by atoms with van der Waals surface area (Å²) in [6.07, 6.45) is 0.996. The fourth-order valence-corrected chi connectivity index (χ4v) is 1.93. The van der Waals surface area contributed by atoms with Crippen molar-refractivity contribution < 1.29 is 34.1 Å². The van der Waals surface area contributed by atoms with Gasteiger partial charge in [-0.1, -0.05) is 37.3 Å². The summed E-state index contributed by atoms with van der Waals surface area (Å²) in [5, 5.41) is 18.7. The molecule has 0 spiro atoms. The summed E-state index contributed by atoms with van der Waals surface area (Å²) >= 11 is 0. The molecule has 1 aromatic rings. The van der Waals surface area contributed by atoms with Crippen LogP contribution in [-0.4, -0.2) is 40.3 Å². The minimum atomic E-state index is -1.83. The zero-order valence-corrected chi connectivity index (χ0v) is 13.5. The quantitative estimate of drug-likeness (QED) is 0.524. The van der Waals surface area contributed by atoms with Crippen molar-refractivity contribution >= 4 is 17.9 Å². The number of carbonyl (C=O) groups excluding carboxylic acids is 1. The Bertz CT molecular complexity index is 621. The van der Waals surface area contributed by atoms with Crippen LogP contribution in [0.4, 0.5) is 0 Å². The van der Waals surface area contributed by atoms with Crippen molar-refractivity contribution in [2.45, 2.75) is 32.5 Å². The van der Waals surface area contributed by atoms with Gasteiger partial charge in [-0.25, -0.2) is 9.59 Å². The molecule has 0 heterocycles. The van der Waals surface area contributed by atoms with Gasteiger partial charge < -0.3 is 19.7 Å². The summed E-state index contributed by atoms with van der Waals surface area (Å²) in [6.45, 7) is 2.17. The Kier molecular flexibility index (Phi) is 7.13. The number of aliphatic carboxylic acids is 2. The van der Waals surface area contributed by atoms with Gasteiger partial charge in [-0.2, -0.15) is 0 Å². The largest absolute Gasteiger partial charge is 0.479 e. The molecule has 0 saturated heterocycles. The smallest absolute Gasteiger partial charge is 0.340 e. The third-order valence-electron chi connectivity index (χ3n) is 3.34. The molecule has 1 rings (SSSR count). The van der Waals surface area contributed by atoms with Crippen molar-refractivity contribution in [2.75, 3.05) is 6.61 Å². The van der Waals surface area contributed by atoms with Crippen LogP contribution in [0.2, 0.25) is 0 Å². The Morgan fingerprint density at radius 2 is 1.79 bits per heavy atom. The lowest BCUT2D eigenvalue weighted by Crippen LogP contribution is -2.40. The number of esters is 1. The maximum Gasteiger partial charge on any atom is 0.340 e. The fraction of sp³-hybridized carbons (Fsp3) is 0.353. The molecule has 1 atom stereocenters. The molecule has 2 N–H and O–H groups in total. The predicted molar refractivity (Wildman–Crippen MR) is 84.2 cm³/mol. The van der Waals surface area contributed by atoms with Crippen LogP contribution < -0.4 is 0 Å². The average Bonchev–Trinajstić information content (AvgIpc) is 2.54. The van der Waals surface area contributed by atoms with Gasteiger partial charge in [0, 0.05) is 6.92 Å². The van der Waals surface area contributed by atoms with Crippen molar-refractivity contribution in [1.82, 2.24) is 0 Å². The number of ether oxygens (including phenoxy) is 2. The van der Waals surface area contributed by atoms with Crippen LogP contribution in [0.3, 0.4) is 0 Å². The minimum absolute atomic E-state index is 0.00204. The summed E-state index contributed by atoms with van der Waals surface area (Å²) < 4.78 is 10.2. The van der Waals surface area contributed by atoms with Crippen LogP contribution in [0.5, 0.6) is 0 Å². The molecule has 0 saturated carbocycles. The van der Waals surface area contributed by atoms with Crippen LogP contribution in [0.25, 0.3) is 0 Å². The first kappa shape index (κ1) is 19.4. The van der Waals surface area contributed by atoms with Crippen molar-refractivity contribution in [2.24, 2.45) is 0 Å². The van der Waals surface area contributed by atoms with Crippen molar-refractivity contribution in [1.29, 1.82) is 0 Å². The molecule has 0 bridgehead atoms. The topological polar surface area (TPSA) is 110 Å². The summed E-state index contributed by atoms with van der Waals surface area (Å²) in [5.74, 6) is -3.36. The molecule has 1 aromatic carbocycles. The molecular weight excluding hydrogens is 316 g/mol. The summed E-state index contributed by atoms with van der Waals surface area (Å²) in [7, 11) is 0. The first-order chi connectivity index (χ1) is 11.3. The molecule has 7 nitrogen and oxygen atoms in total. The van der Waals surface area contributed by atoms with Gasteiger partial charge in [0.15, 0.2) is 5.60 Å². The molecule has 1 unspecified atom stereocenters. The molecule has 130 valence electrons. The Morgan fingerprint density at radius 3 is 2.25 bits per heavy atom. The molecule has 0 fully saturated rings. The highest BCUT2D eigenvalue weighted by atomic mass is 16.5. The number of carboxylic acid groups (broad SMARTS) is 2. The maximum absolute atomic E-state index is 11.7. The molecule has 0 aromatic heterocycles. The second-order valence-corrected chi connectivity index (χ2v) is 5.08. The van der Waals surface area contributed by atoms with Crippen molar-refractivity contribution in [3.63, 3.8) is 0 Å². The van der Waals surface area contributed by atoms with Gasteiger partial charge in [0.05, 0.1) is 12.2 Å². The van der Waals surface area contributed by atoms with E-state index in [0.717, 1.165) is 18.6 Å². The summed E-state index contributed by atoms with van der Waals surface area (Å²) in [5.41, 5.74) is -1.44. The third kappa shape index (κ3) is 5.51. The number of hydrogen-bond donors (Lipinski definition) is 2. The monoisotopic (exact) mass is 336 g/mol. The van der Waals surface area contributed by atoms with Gasteiger partial charge in [0.25, 0.3) is 0 Å². The van der Waals surface area contributed by atoms with Gasteiger partial charge in [0.1, 0.15) is 6.61 Å². The Labute approximate surface area is 139 Å². The zero-order valence-electron chi connectivity index (χ0n) is 13.5. The van der Waals surface area contributed by atoms with Gasteiger partial charge >= 0.3 is 17.9 Å². The Balaban J connectivity index is 3.07. The molecule has 0 aliphatic carbocycles. The highest BCUT2D eigenvalue weighted by Crippen LogP contribution is 2.23. The highest BCUT2D eigenvalue weighted by Gasteiger charge is 2.37. The molecule has 24 heavy (non-hydrogen) atoms. The van der Waals surface area contributed by atoms with Crippen molar-refractivity contribution in [3.8, 4) is 0 Å². The molecule has 0 aliphatic rings. The molecule has 7 heteroatoms. The van der Waals surface area contributed by atoms with E-state index in [1.54, 1.807) is 31.2 Å². The first-order valence-electron chi connectivity index (χ1n) is 7.30. The van der Waals surface area contributed by atoms with E-state index in [0.29, 0.717) is 0 Å². The number of carboxylic acids is 2. The second kappa shape index (κ2) is 8.83. The minimum Gasteiger partial charge on any atom is -0.479 e.